The fourth-order valence-electron chi connectivity index (χ4n) is 2.49. The molecule has 18 heavy (non-hydrogen) atoms. The van der Waals surface area contributed by atoms with Gasteiger partial charge in [0.2, 0.25) is 0 Å². The van der Waals surface area contributed by atoms with E-state index in [9.17, 15) is 5.26 Å². The number of nitrogens with zero attached hydrogens (tertiary/aromatic N) is 3. The fraction of sp³-hybridized carbons (Fsp3) is 0.929. The number of piperazine rings is 1. The molecule has 104 valence electrons. The minimum absolute atomic E-state index is 0.236. The molecule has 1 aliphatic rings. The van der Waals surface area contributed by atoms with Crippen LogP contribution in [0.2, 0.25) is 0 Å². The van der Waals surface area contributed by atoms with Gasteiger partial charge in [-0.3, -0.25) is 10.2 Å². The van der Waals surface area contributed by atoms with Crippen molar-refractivity contribution in [2.45, 2.75) is 45.2 Å². The summed E-state index contributed by atoms with van der Waals surface area (Å²) in [6.45, 7) is 13.8. The third-order valence-electron chi connectivity index (χ3n) is 4.14. The summed E-state index contributed by atoms with van der Waals surface area (Å²) < 4.78 is 0. The SMILES string of the molecule is CCNC(C)(C#N)CCN1CCN(C)C(C)(C)C1. The highest BCUT2D eigenvalue weighted by molar-refractivity contribution is 5.04. The Kier molecular flexibility index (Phi) is 5.15. The van der Waals surface area contributed by atoms with Gasteiger partial charge in [-0.2, -0.15) is 5.26 Å². The molecule has 1 rings (SSSR count). The molecule has 0 bridgehead atoms. The molecule has 0 spiro atoms. The number of nitrogens with one attached hydrogen (secondary N) is 1. The van der Waals surface area contributed by atoms with E-state index in [1.807, 2.05) is 6.92 Å². The van der Waals surface area contributed by atoms with Crippen molar-refractivity contribution in [3.8, 4) is 6.07 Å². The average Bonchev–Trinajstić information content (AvgIpc) is 2.31. The Morgan fingerprint density at radius 1 is 1.39 bits per heavy atom. The molecular formula is C14H28N4. The molecule has 1 aliphatic heterocycles. The van der Waals surface area contributed by atoms with E-state index >= 15 is 0 Å². The van der Waals surface area contributed by atoms with Crippen molar-refractivity contribution in [3.63, 3.8) is 0 Å². The average molecular weight is 252 g/mol. The third kappa shape index (κ3) is 3.94. The Morgan fingerprint density at radius 3 is 2.56 bits per heavy atom. The van der Waals surface area contributed by atoms with Gasteiger partial charge in [-0.1, -0.05) is 6.92 Å². The summed E-state index contributed by atoms with van der Waals surface area (Å²) >= 11 is 0. The zero-order valence-electron chi connectivity index (χ0n) is 12.6. The lowest BCUT2D eigenvalue weighted by atomic mass is 9.96. The Labute approximate surface area is 112 Å². The Hall–Kier alpha value is -0.630. The molecule has 0 aromatic heterocycles. The first-order valence-corrected chi connectivity index (χ1v) is 6.93. The maximum atomic E-state index is 9.25. The van der Waals surface area contributed by atoms with Crippen LogP contribution in [0.15, 0.2) is 0 Å². The summed E-state index contributed by atoms with van der Waals surface area (Å²) in [4.78, 5) is 4.89. The molecule has 0 aromatic carbocycles. The standard InChI is InChI=1S/C14H28N4/c1-6-16-14(4,11-15)7-8-18-10-9-17(5)13(2,3)12-18/h16H,6-10,12H2,1-5H3. The number of nitriles is 1. The third-order valence-corrected chi connectivity index (χ3v) is 4.14. The highest BCUT2D eigenvalue weighted by Gasteiger charge is 2.32. The van der Waals surface area contributed by atoms with Gasteiger partial charge in [-0.05, 0) is 40.8 Å². The van der Waals surface area contributed by atoms with E-state index in [4.69, 9.17) is 0 Å². The summed E-state index contributed by atoms with van der Waals surface area (Å²) in [5.41, 5.74) is -0.151. The van der Waals surface area contributed by atoms with Gasteiger partial charge in [0.05, 0.1) is 6.07 Å². The monoisotopic (exact) mass is 252 g/mol. The molecule has 1 unspecified atom stereocenters. The minimum Gasteiger partial charge on any atom is -0.300 e. The summed E-state index contributed by atoms with van der Waals surface area (Å²) in [7, 11) is 2.19. The van der Waals surface area contributed by atoms with Crippen LogP contribution in [0.5, 0.6) is 0 Å². The van der Waals surface area contributed by atoms with Gasteiger partial charge < -0.3 is 4.90 Å². The second-order valence-electron chi connectivity index (χ2n) is 6.23. The van der Waals surface area contributed by atoms with E-state index in [2.05, 4.69) is 49.0 Å². The molecule has 4 nitrogen and oxygen atoms in total. The largest absolute Gasteiger partial charge is 0.300 e. The Bertz CT molecular complexity index is 307. The van der Waals surface area contributed by atoms with Crippen LogP contribution in [-0.2, 0) is 0 Å². The van der Waals surface area contributed by atoms with Crippen molar-refractivity contribution in [2.75, 3.05) is 39.8 Å². The van der Waals surface area contributed by atoms with Crippen LogP contribution in [0.3, 0.4) is 0 Å². The lowest BCUT2D eigenvalue weighted by Gasteiger charge is -2.45. The van der Waals surface area contributed by atoms with E-state index in [0.29, 0.717) is 0 Å². The normalized spacial score (nSPS) is 24.4. The fourth-order valence-corrected chi connectivity index (χ4v) is 2.49. The van der Waals surface area contributed by atoms with Crippen molar-refractivity contribution in [2.24, 2.45) is 0 Å². The lowest BCUT2D eigenvalue weighted by Crippen LogP contribution is -2.58. The van der Waals surface area contributed by atoms with Gasteiger partial charge in [0.15, 0.2) is 0 Å². The number of rotatable bonds is 5. The number of likely N-dealkylation sites (N-methyl/N-ethyl adjacent to an activating group) is 1. The first-order chi connectivity index (χ1) is 8.33. The van der Waals surface area contributed by atoms with Gasteiger partial charge >= 0.3 is 0 Å². The van der Waals surface area contributed by atoms with Gasteiger partial charge in [-0.25, -0.2) is 0 Å². The molecule has 0 aliphatic carbocycles. The molecule has 1 fully saturated rings. The van der Waals surface area contributed by atoms with Gasteiger partial charge in [0.25, 0.3) is 0 Å². The lowest BCUT2D eigenvalue weighted by molar-refractivity contribution is 0.0371. The summed E-state index contributed by atoms with van der Waals surface area (Å²) in [6.07, 6.45) is 0.886. The van der Waals surface area contributed by atoms with Crippen LogP contribution in [-0.4, -0.2) is 60.6 Å². The predicted molar refractivity (Wildman–Crippen MR) is 75.5 cm³/mol. The van der Waals surface area contributed by atoms with E-state index in [1.54, 1.807) is 0 Å². The van der Waals surface area contributed by atoms with Crippen LogP contribution in [0.25, 0.3) is 0 Å². The molecular weight excluding hydrogens is 224 g/mol. The van der Waals surface area contributed by atoms with E-state index in [1.165, 1.54) is 0 Å². The van der Waals surface area contributed by atoms with Crippen LogP contribution in [0, 0.1) is 11.3 Å². The molecule has 0 amide bonds. The number of hydrogen-bond donors (Lipinski definition) is 1. The first-order valence-electron chi connectivity index (χ1n) is 6.93. The molecule has 1 atom stereocenters. The zero-order valence-corrected chi connectivity index (χ0v) is 12.6. The highest BCUT2D eigenvalue weighted by atomic mass is 15.3. The Balaban J connectivity index is 2.47. The maximum absolute atomic E-state index is 9.25. The van der Waals surface area contributed by atoms with Gasteiger partial charge in [0.1, 0.15) is 5.54 Å². The molecule has 1 heterocycles. The second kappa shape index (κ2) is 6.01. The smallest absolute Gasteiger partial charge is 0.105 e. The van der Waals surface area contributed by atoms with Gasteiger partial charge in [0, 0.05) is 31.7 Å². The van der Waals surface area contributed by atoms with Crippen LogP contribution >= 0.6 is 0 Å². The summed E-state index contributed by atoms with van der Waals surface area (Å²) in [6, 6.07) is 2.40. The minimum atomic E-state index is -0.387. The Morgan fingerprint density at radius 2 is 2.06 bits per heavy atom. The summed E-state index contributed by atoms with van der Waals surface area (Å²) in [5.74, 6) is 0. The van der Waals surface area contributed by atoms with Crippen molar-refractivity contribution in [1.29, 1.82) is 5.26 Å². The van der Waals surface area contributed by atoms with Crippen LogP contribution < -0.4 is 5.32 Å². The van der Waals surface area contributed by atoms with Gasteiger partial charge in [-0.15, -0.1) is 0 Å². The van der Waals surface area contributed by atoms with E-state index in [0.717, 1.165) is 39.1 Å². The van der Waals surface area contributed by atoms with E-state index in [-0.39, 0.29) is 11.1 Å². The van der Waals surface area contributed by atoms with Crippen molar-refractivity contribution < 1.29 is 0 Å². The molecule has 1 N–H and O–H groups in total. The first kappa shape index (κ1) is 15.4. The number of hydrogen-bond acceptors (Lipinski definition) is 4. The van der Waals surface area contributed by atoms with Crippen LogP contribution in [0.4, 0.5) is 0 Å². The van der Waals surface area contributed by atoms with Crippen LogP contribution in [0.1, 0.15) is 34.1 Å². The molecule has 1 saturated heterocycles. The molecule has 0 saturated carbocycles. The van der Waals surface area contributed by atoms with E-state index < -0.39 is 0 Å². The van der Waals surface area contributed by atoms with Crippen molar-refractivity contribution in [3.05, 3.63) is 0 Å². The quantitative estimate of drug-likeness (QED) is 0.801. The zero-order chi connectivity index (χ0) is 13.8. The highest BCUT2D eigenvalue weighted by Crippen LogP contribution is 2.20. The molecule has 0 aromatic rings. The molecule has 0 radical (unpaired) electrons. The topological polar surface area (TPSA) is 42.3 Å². The maximum Gasteiger partial charge on any atom is 0.105 e. The van der Waals surface area contributed by atoms with Crippen molar-refractivity contribution in [1.82, 2.24) is 15.1 Å². The molecule has 4 heteroatoms. The predicted octanol–water partition coefficient (Wildman–Crippen LogP) is 1.29. The summed E-state index contributed by atoms with van der Waals surface area (Å²) in [5, 5.41) is 12.5. The van der Waals surface area contributed by atoms with Crippen molar-refractivity contribution >= 4 is 0 Å². The second-order valence-corrected chi connectivity index (χ2v) is 6.23.